The molecule has 0 heterocycles. The molecule has 0 fully saturated rings. The molecule has 0 radical (unpaired) electrons. The summed E-state index contributed by atoms with van der Waals surface area (Å²) in [6, 6.07) is 4.19. The Labute approximate surface area is 107 Å². The summed E-state index contributed by atoms with van der Waals surface area (Å²) < 4.78 is 31.1. The van der Waals surface area contributed by atoms with E-state index in [1.165, 1.54) is 25.3 Å². The van der Waals surface area contributed by atoms with Crippen LogP contribution in [0, 0.1) is 0 Å². The summed E-state index contributed by atoms with van der Waals surface area (Å²) in [7, 11) is -2.25. The lowest BCUT2D eigenvalue weighted by atomic mass is 10.3. The van der Waals surface area contributed by atoms with Gasteiger partial charge in [-0.3, -0.25) is 0 Å². The number of hydrogen-bond acceptors (Lipinski definition) is 5. The summed E-state index contributed by atoms with van der Waals surface area (Å²) in [5.74, 6) is 0.300. The van der Waals surface area contributed by atoms with E-state index >= 15 is 0 Å². The van der Waals surface area contributed by atoms with Gasteiger partial charge in [0.25, 0.3) is 0 Å². The molecule has 1 rings (SSSR count). The quantitative estimate of drug-likeness (QED) is 0.649. The van der Waals surface area contributed by atoms with Gasteiger partial charge in [0.15, 0.2) is 0 Å². The van der Waals surface area contributed by atoms with E-state index in [1.807, 2.05) is 0 Å². The zero-order chi connectivity index (χ0) is 13.8. The van der Waals surface area contributed by atoms with Gasteiger partial charge in [0.2, 0.25) is 10.0 Å². The molecule has 0 aliphatic carbocycles. The number of rotatable bonds is 6. The van der Waals surface area contributed by atoms with Crippen molar-refractivity contribution in [3.63, 3.8) is 0 Å². The highest BCUT2D eigenvalue weighted by Gasteiger charge is 2.16. The summed E-state index contributed by atoms with van der Waals surface area (Å²) in [5, 5.41) is 9.34. The van der Waals surface area contributed by atoms with E-state index in [-0.39, 0.29) is 11.4 Å². The molecule has 0 spiro atoms. The van der Waals surface area contributed by atoms with E-state index in [1.54, 1.807) is 6.92 Å². The van der Waals surface area contributed by atoms with Crippen molar-refractivity contribution in [3.05, 3.63) is 18.2 Å². The molecule has 1 aromatic rings. The standard InChI is InChI=1S/C11H18N2O4S/c1-3-8(14)7-13-18(15,16)9-4-5-10(12)11(6-9)17-2/h4-6,8,13-14H,3,7,12H2,1-2H3. The number of hydrogen-bond donors (Lipinski definition) is 3. The van der Waals surface area contributed by atoms with Crippen LogP contribution in [0.3, 0.4) is 0 Å². The monoisotopic (exact) mass is 274 g/mol. The molecule has 18 heavy (non-hydrogen) atoms. The second kappa shape index (κ2) is 6.03. The molecule has 0 saturated carbocycles. The zero-order valence-electron chi connectivity index (χ0n) is 10.4. The van der Waals surface area contributed by atoms with Gasteiger partial charge in [-0.15, -0.1) is 0 Å². The Kier molecular flexibility index (Phi) is 4.94. The fraction of sp³-hybridized carbons (Fsp3) is 0.455. The predicted molar refractivity (Wildman–Crippen MR) is 68.9 cm³/mol. The van der Waals surface area contributed by atoms with Gasteiger partial charge in [0.05, 0.1) is 23.8 Å². The molecule has 1 atom stereocenters. The van der Waals surface area contributed by atoms with Gasteiger partial charge >= 0.3 is 0 Å². The lowest BCUT2D eigenvalue weighted by Crippen LogP contribution is -2.31. The number of nitrogen functional groups attached to an aromatic ring is 1. The molecule has 102 valence electrons. The average molecular weight is 274 g/mol. The Balaban J connectivity index is 2.91. The molecule has 0 aliphatic heterocycles. The first-order valence-electron chi connectivity index (χ1n) is 5.52. The Morgan fingerprint density at radius 2 is 2.17 bits per heavy atom. The molecule has 0 bridgehead atoms. The highest BCUT2D eigenvalue weighted by molar-refractivity contribution is 7.89. The van der Waals surface area contributed by atoms with Crippen molar-refractivity contribution < 1.29 is 18.3 Å². The van der Waals surface area contributed by atoms with Crippen LogP contribution in [0.5, 0.6) is 5.75 Å². The van der Waals surface area contributed by atoms with E-state index in [2.05, 4.69) is 4.72 Å². The summed E-state index contributed by atoms with van der Waals surface area (Å²) in [5.41, 5.74) is 5.97. The summed E-state index contributed by atoms with van der Waals surface area (Å²) in [6.45, 7) is 1.75. The highest BCUT2D eigenvalue weighted by Crippen LogP contribution is 2.24. The highest BCUT2D eigenvalue weighted by atomic mass is 32.2. The van der Waals surface area contributed by atoms with Crippen molar-refractivity contribution >= 4 is 15.7 Å². The first-order valence-corrected chi connectivity index (χ1v) is 7.00. The van der Waals surface area contributed by atoms with E-state index in [0.717, 1.165) is 0 Å². The number of sulfonamides is 1. The molecular weight excluding hydrogens is 256 g/mol. The molecule has 7 heteroatoms. The van der Waals surface area contributed by atoms with Crippen LogP contribution in [-0.2, 0) is 10.0 Å². The van der Waals surface area contributed by atoms with E-state index in [4.69, 9.17) is 10.5 Å². The third kappa shape index (κ3) is 3.59. The second-order valence-electron chi connectivity index (χ2n) is 3.82. The van der Waals surface area contributed by atoms with E-state index in [9.17, 15) is 13.5 Å². The van der Waals surface area contributed by atoms with Crippen molar-refractivity contribution in [2.45, 2.75) is 24.3 Å². The summed E-state index contributed by atoms with van der Waals surface area (Å²) in [4.78, 5) is 0.0526. The maximum Gasteiger partial charge on any atom is 0.240 e. The van der Waals surface area contributed by atoms with Crippen LogP contribution in [-0.4, -0.2) is 33.3 Å². The number of ether oxygens (including phenoxy) is 1. The lowest BCUT2D eigenvalue weighted by molar-refractivity contribution is 0.174. The lowest BCUT2D eigenvalue weighted by Gasteiger charge is -2.11. The van der Waals surface area contributed by atoms with Crippen molar-refractivity contribution in [2.75, 3.05) is 19.4 Å². The maximum absolute atomic E-state index is 11.9. The van der Waals surface area contributed by atoms with Crippen LogP contribution in [0.4, 0.5) is 5.69 Å². The number of benzene rings is 1. The van der Waals surface area contributed by atoms with Gasteiger partial charge in [-0.1, -0.05) is 6.92 Å². The first-order chi connectivity index (χ1) is 8.40. The van der Waals surface area contributed by atoms with Crippen LogP contribution in [0.2, 0.25) is 0 Å². The van der Waals surface area contributed by atoms with Crippen LogP contribution in [0.15, 0.2) is 23.1 Å². The van der Waals surface area contributed by atoms with Gasteiger partial charge in [-0.25, -0.2) is 13.1 Å². The van der Waals surface area contributed by atoms with Gasteiger partial charge in [-0.2, -0.15) is 0 Å². The minimum absolute atomic E-state index is 0.0223. The van der Waals surface area contributed by atoms with Gasteiger partial charge in [0, 0.05) is 12.6 Å². The Hall–Kier alpha value is -1.31. The van der Waals surface area contributed by atoms with Gasteiger partial charge in [0.1, 0.15) is 5.75 Å². The fourth-order valence-electron chi connectivity index (χ4n) is 1.29. The molecule has 0 aliphatic rings. The molecular formula is C11H18N2O4S. The van der Waals surface area contributed by atoms with Crippen LogP contribution < -0.4 is 15.2 Å². The van der Waals surface area contributed by atoms with Crippen LogP contribution in [0.25, 0.3) is 0 Å². The fourth-order valence-corrected chi connectivity index (χ4v) is 2.38. The molecule has 1 aromatic carbocycles. The van der Waals surface area contributed by atoms with Gasteiger partial charge in [-0.05, 0) is 18.6 Å². The Bertz CT molecular complexity index is 502. The smallest absolute Gasteiger partial charge is 0.240 e. The number of nitrogens with two attached hydrogens (primary N) is 1. The molecule has 4 N–H and O–H groups in total. The Morgan fingerprint density at radius 3 is 2.72 bits per heavy atom. The van der Waals surface area contributed by atoms with Gasteiger partial charge < -0.3 is 15.6 Å². The number of methoxy groups -OCH3 is 1. The largest absolute Gasteiger partial charge is 0.495 e. The number of aliphatic hydroxyl groups excluding tert-OH is 1. The molecule has 0 amide bonds. The molecule has 6 nitrogen and oxygen atoms in total. The molecule has 0 aromatic heterocycles. The topological polar surface area (TPSA) is 102 Å². The predicted octanol–water partition coefficient (Wildman–Crippen LogP) is 0.327. The number of aliphatic hydroxyl groups is 1. The number of anilines is 1. The van der Waals surface area contributed by atoms with Crippen LogP contribution >= 0.6 is 0 Å². The van der Waals surface area contributed by atoms with Crippen molar-refractivity contribution in [2.24, 2.45) is 0 Å². The van der Waals surface area contributed by atoms with E-state index < -0.39 is 16.1 Å². The van der Waals surface area contributed by atoms with Crippen molar-refractivity contribution in [1.82, 2.24) is 4.72 Å². The van der Waals surface area contributed by atoms with E-state index in [0.29, 0.717) is 17.9 Å². The number of nitrogens with one attached hydrogen (secondary N) is 1. The normalized spacial score (nSPS) is 13.3. The molecule has 0 saturated heterocycles. The minimum Gasteiger partial charge on any atom is -0.495 e. The second-order valence-corrected chi connectivity index (χ2v) is 5.58. The zero-order valence-corrected chi connectivity index (χ0v) is 11.2. The molecule has 1 unspecified atom stereocenters. The third-order valence-electron chi connectivity index (χ3n) is 2.50. The van der Waals surface area contributed by atoms with Crippen LogP contribution in [0.1, 0.15) is 13.3 Å². The summed E-state index contributed by atoms with van der Waals surface area (Å²) >= 11 is 0. The first kappa shape index (κ1) is 14.7. The maximum atomic E-state index is 11.9. The minimum atomic E-state index is -3.66. The summed E-state index contributed by atoms with van der Waals surface area (Å²) in [6.07, 6.45) is -0.219. The van der Waals surface area contributed by atoms with Crippen molar-refractivity contribution in [1.29, 1.82) is 0 Å². The third-order valence-corrected chi connectivity index (χ3v) is 3.92. The Morgan fingerprint density at radius 1 is 1.50 bits per heavy atom. The average Bonchev–Trinajstić information content (AvgIpc) is 2.36. The SMILES string of the molecule is CCC(O)CNS(=O)(=O)c1ccc(N)c(OC)c1. The van der Waals surface area contributed by atoms with Crippen molar-refractivity contribution in [3.8, 4) is 5.75 Å².